The molecule has 0 amide bonds. The first kappa shape index (κ1) is 19.4. The first-order valence-corrected chi connectivity index (χ1v) is 10.9. The van der Waals surface area contributed by atoms with Crippen molar-refractivity contribution in [3.05, 3.63) is 29.8 Å². The van der Waals surface area contributed by atoms with Crippen LogP contribution in [0.3, 0.4) is 0 Å². The van der Waals surface area contributed by atoms with Gasteiger partial charge in [0.25, 0.3) is 0 Å². The van der Waals surface area contributed by atoms with E-state index >= 15 is 0 Å². The molecule has 0 heterocycles. The largest absolute Gasteiger partial charge is 0.323 e. The van der Waals surface area contributed by atoms with Crippen LogP contribution in [0.4, 0.5) is 0 Å². The minimum atomic E-state index is -4.33. The summed E-state index contributed by atoms with van der Waals surface area (Å²) >= 11 is 0. The second-order valence-electron chi connectivity index (χ2n) is 8.18. The maximum atomic E-state index is 13.4. The van der Waals surface area contributed by atoms with Gasteiger partial charge in [-0.25, -0.2) is 4.21 Å². The summed E-state index contributed by atoms with van der Waals surface area (Å²) in [4.78, 5) is 5.34. The maximum absolute atomic E-state index is 13.4. The molecule has 1 saturated carbocycles. The lowest BCUT2D eigenvalue weighted by Gasteiger charge is -2.45. The van der Waals surface area contributed by atoms with Crippen LogP contribution in [0.5, 0.6) is 5.75 Å². The van der Waals surface area contributed by atoms with Gasteiger partial charge in [0.1, 0.15) is 9.63 Å². The highest BCUT2D eigenvalue weighted by atomic mass is 32.3. The molecular formula is C19H32O4S. The van der Waals surface area contributed by atoms with E-state index in [2.05, 4.69) is 20.8 Å². The van der Waals surface area contributed by atoms with E-state index in [4.69, 9.17) is 9.22 Å². The monoisotopic (exact) mass is 356 g/mol. The van der Waals surface area contributed by atoms with Crippen LogP contribution in [0.25, 0.3) is 0 Å². The molecular weight excluding hydrogens is 324 g/mol. The number of benzene rings is 1. The van der Waals surface area contributed by atoms with Crippen LogP contribution in [-0.2, 0) is 19.4 Å². The Labute approximate surface area is 146 Å². The number of hydrogen-bond donors (Lipinski definition) is 1. The van der Waals surface area contributed by atoms with Crippen LogP contribution in [0.1, 0.15) is 72.3 Å². The van der Waals surface area contributed by atoms with Gasteiger partial charge in [0, 0.05) is 0 Å². The molecule has 0 atom stereocenters. The van der Waals surface area contributed by atoms with Gasteiger partial charge in [-0.05, 0) is 49.8 Å². The smallest absolute Gasteiger partial charge is 0.166 e. The molecule has 1 aliphatic rings. The van der Waals surface area contributed by atoms with E-state index in [1.165, 1.54) is 5.56 Å². The molecule has 0 bridgehead atoms. The van der Waals surface area contributed by atoms with Crippen molar-refractivity contribution in [3.63, 3.8) is 0 Å². The third kappa shape index (κ3) is 4.01. The zero-order valence-corrected chi connectivity index (χ0v) is 16.4. The van der Waals surface area contributed by atoms with Gasteiger partial charge in [-0.2, -0.15) is 0 Å². The van der Waals surface area contributed by atoms with Gasteiger partial charge in [-0.1, -0.05) is 56.5 Å². The topological polar surface area (TPSA) is 55.8 Å². The van der Waals surface area contributed by atoms with Crippen molar-refractivity contribution in [2.45, 2.75) is 82.6 Å². The third-order valence-electron chi connectivity index (χ3n) is 5.02. The summed E-state index contributed by atoms with van der Waals surface area (Å²) in [7, 11) is -4.33. The summed E-state index contributed by atoms with van der Waals surface area (Å²) in [5.41, 5.74) is 1.22. The van der Waals surface area contributed by atoms with Crippen LogP contribution in [0.2, 0.25) is 0 Å². The van der Waals surface area contributed by atoms with Crippen molar-refractivity contribution in [1.82, 2.24) is 0 Å². The SMILES string of the molecule is CC(C)S(=O)(O)(OOc1ccc(C(C)(C)C)cc1)C1CCCCC1. The van der Waals surface area contributed by atoms with Gasteiger partial charge in [0.15, 0.2) is 5.75 Å². The number of rotatable bonds is 5. The van der Waals surface area contributed by atoms with Gasteiger partial charge in [-0.3, -0.25) is 0 Å². The second kappa shape index (κ2) is 6.77. The molecule has 24 heavy (non-hydrogen) atoms. The highest BCUT2D eigenvalue weighted by Crippen LogP contribution is 2.42. The normalized spacial score (nSPS) is 19.0. The van der Waals surface area contributed by atoms with Crippen molar-refractivity contribution >= 4 is 9.63 Å². The van der Waals surface area contributed by atoms with Crippen molar-refractivity contribution in [3.8, 4) is 5.75 Å². The molecule has 1 aromatic carbocycles. The standard InChI is InChI=1S/C19H32O4S/c1-15(2)24(20,21,18-9-7-6-8-10-18)23-22-17-13-11-16(12-14-17)19(3,4)5/h11-15,18H,6-10H2,1-5H3,(H,20,21). The Morgan fingerprint density at radius 2 is 1.62 bits per heavy atom. The molecule has 5 heteroatoms. The fourth-order valence-corrected chi connectivity index (χ4v) is 5.59. The third-order valence-corrected chi connectivity index (χ3v) is 8.80. The lowest BCUT2D eigenvalue weighted by molar-refractivity contribution is -0.110. The Balaban J connectivity index is 2.15. The zero-order valence-electron chi connectivity index (χ0n) is 15.6. The predicted octanol–water partition coefficient (Wildman–Crippen LogP) is 5.24. The van der Waals surface area contributed by atoms with Crippen LogP contribution in [-0.4, -0.2) is 19.3 Å². The summed E-state index contributed by atoms with van der Waals surface area (Å²) < 4.78 is 29.8. The van der Waals surface area contributed by atoms with Gasteiger partial charge in [-0.15, -0.1) is 0 Å². The summed E-state index contributed by atoms with van der Waals surface area (Å²) in [6, 6.07) is 7.50. The molecule has 1 fully saturated rings. The van der Waals surface area contributed by atoms with E-state index in [9.17, 15) is 8.76 Å². The summed E-state index contributed by atoms with van der Waals surface area (Å²) in [5, 5.41) is -0.872. The molecule has 0 aromatic heterocycles. The fourth-order valence-electron chi connectivity index (χ4n) is 3.14. The highest BCUT2D eigenvalue weighted by Gasteiger charge is 2.49. The van der Waals surface area contributed by atoms with Crippen molar-refractivity contribution in [2.24, 2.45) is 0 Å². The minimum Gasteiger partial charge on any atom is -0.323 e. The molecule has 0 spiro atoms. The second-order valence-corrected chi connectivity index (χ2v) is 11.8. The van der Waals surface area contributed by atoms with Crippen LogP contribution >= 0.6 is 0 Å². The molecule has 2 rings (SSSR count). The lowest BCUT2D eigenvalue weighted by atomic mass is 9.87. The average Bonchev–Trinajstić information content (AvgIpc) is 2.53. The van der Waals surface area contributed by atoms with Crippen LogP contribution < -0.4 is 4.89 Å². The molecule has 0 unspecified atom stereocenters. The molecule has 0 radical (unpaired) electrons. The minimum absolute atomic E-state index is 0.0483. The summed E-state index contributed by atoms with van der Waals surface area (Å²) in [6.45, 7) is 9.87. The van der Waals surface area contributed by atoms with E-state index in [-0.39, 0.29) is 10.7 Å². The van der Waals surface area contributed by atoms with Crippen LogP contribution in [0.15, 0.2) is 24.3 Å². The Bertz CT molecular complexity index is 609. The maximum Gasteiger partial charge on any atom is 0.166 e. The fraction of sp³-hybridized carbons (Fsp3) is 0.684. The molecule has 4 nitrogen and oxygen atoms in total. The van der Waals surface area contributed by atoms with Gasteiger partial charge in [0.05, 0.1) is 10.5 Å². The van der Waals surface area contributed by atoms with Crippen molar-refractivity contribution in [1.29, 1.82) is 0 Å². The molecule has 1 N–H and O–H groups in total. The quantitative estimate of drug-likeness (QED) is 0.579. The Kier molecular flexibility index (Phi) is 5.48. The van der Waals surface area contributed by atoms with Gasteiger partial charge in [0.2, 0.25) is 0 Å². The highest BCUT2D eigenvalue weighted by molar-refractivity contribution is 8.12. The molecule has 0 saturated heterocycles. The lowest BCUT2D eigenvalue weighted by Crippen LogP contribution is -2.54. The first-order valence-electron chi connectivity index (χ1n) is 8.90. The molecule has 0 aliphatic heterocycles. The summed E-state index contributed by atoms with van der Waals surface area (Å²) in [5.74, 6) is 0.451. The zero-order chi connectivity index (χ0) is 18.0. The van der Waals surface area contributed by atoms with E-state index in [1.807, 2.05) is 12.1 Å². The van der Waals surface area contributed by atoms with Crippen LogP contribution in [0, 0.1) is 0 Å². The van der Waals surface area contributed by atoms with Gasteiger partial charge < -0.3 is 9.44 Å². The van der Waals surface area contributed by atoms with E-state index in [0.29, 0.717) is 18.6 Å². The predicted molar refractivity (Wildman–Crippen MR) is 99.6 cm³/mol. The molecule has 1 aliphatic carbocycles. The Hall–Kier alpha value is -0.910. The Morgan fingerprint density at radius 1 is 1.08 bits per heavy atom. The van der Waals surface area contributed by atoms with E-state index in [0.717, 1.165) is 19.3 Å². The Morgan fingerprint density at radius 3 is 2.08 bits per heavy atom. The molecule has 138 valence electrons. The first-order chi connectivity index (χ1) is 11.0. The van der Waals surface area contributed by atoms with Gasteiger partial charge >= 0.3 is 0 Å². The van der Waals surface area contributed by atoms with Crippen molar-refractivity contribution < 1.29 is 18.0 Å². The van der Waals surface area contributed by atoms with E-state index < -0.39 is 14.9 Å². The van der Waals surface area contributed by atoms with E-state index in [1.54, 1.807) is 26.0 Å². The number of hydrogen-bond acceptors (Lipinski definition) is 3. The average molecular weight is 357 g/mol. The molecule has 1 aromatic rings. The van der Waals surface area contributed by atoms with Crippen molar-refractivity contribution in [2.75, 3.05) is 0 Å². The summed E-state index contributed by atoms with van der Waals surface area (Å²) in [6.07, 6.45) is 4.48.